The highest BCUT2D eigenvalue weighted by Gasteiger charge is 2.20. The monoisotopic (exact) mass is 373 g/mol. The van der Waals surface area contributed by atoms with Crippen LogP contribution < -0.4 is 5.32 Å². The summed E-state index contributed by atoms with van der Waals surface area (Å²) in [6.07, 6.45) is -0.503. The van der Waals surface area contributed by atoms with Crippen molar-refractivity contribution < 1.29 is 23.5 Å². The highest BCUT2D eigenvalue weighted by molar-refractivity contribution is 5.97. The molecule has 0 spiro atoms. The van der Waals surface area contributed by atoms with Gasteiger partial charge in [-0.2, -0.15) is 0 Å². The van der Waals surface area contributed by atoms with E-state index in [2.05, 4.69) is 10.1 Å². The molecule has 0 aliphatic carbocycles. The molecule has 27 heavy (non-hydrogen) atoms. The molecule has 144 valence electrons. The second-order valence-corrected chi connectivity index (χ2v) is 7.14. The minimum Gasteiger partial charge on any atom is -0.465 e. The molecule has 1 atom stereocenters. The lowest BCUT2D eigenvalue weighted by molar-refractivity contribution is 0.0506. The highest BCUT2D eigenvalue weighted by Crippen LogP contribution is 2.28. The number of carbonyl (C=O) groups is 2. The minimum absolute atomic E-state index is 0.104. The lowest BCUT2D eigenvalue weighted by atomic mass is 9.97. The number of ether oxygens (including phenoxy) is 2. The van der Waals surface area contributed by atoms with Crippen molar-refractivity contribution >= 4 is 12.1 Å². The van der Waals surface area contributed by atoms with Gasteiger partial charge in [0.15, 0.2) is 0 Å². The van der Waals surface area contributed by atoms with Crippen LogP contribution in [0.4, 0.5) is 9.18 Å². The minimum atomic E-state index is -0.730. The molecular formula is C21H24FNO4. The lowest BCUT2D eigenvalue weighted by Crippen LogP contribution is -2.34. The summed E-state index contributed by atoms with van der Waals surface area (Å²) in [5.41, 5.74) is 1.28. The highest BCUT2D eigenvalue weighted by atomic mass is 19.1. The van der Waals surface area contributed by atoms with Crippen LogP contribution in [0.2, 0.25) is 0 Å². The number of amides is 1. The van der Waals surface area contributed by atoms with Crippen molar-refractivity contribution in [2.24, 2.45) is 0 Å². The molecule has 2 aromatic carbocycles. The topological polar surface area (TPSA) is 64.6 Å². The maximum atomic E-state index is 14.1. The van der Waals surface area contributed by atoms with Gasteiger partial charge in [-0.3, -0.25) is 0 Å². The molecule has 0 fully saturated rings. The van der Waals surface area contributed by atoms with Crippen LogP contribution in [0.3, 0.4) is 0 Å². The van der Waals surface area contributed by atoms with E-state index in [0.717, 1.165) is 5.56 Å². The largest absolute Gasteiger partial charge is 0.465 e. The average Bonchev–Trinajstić information content (AvgIpc) is 2.59. The Balaban J connectivity index is 2.22. The zero-order chi connectivity index (χ0) is 20.2. The van der Waals surface area contributed by atoms with Gasteiger partial charge in [0.2, 0.25) is 0 Å². The number of nitrogens with one attached hydrogen (secondary N) is 1. The summed E-state index contributed by atoms with van der Waals surface area (Å²) >= 11 is 0. The molecule has 1 N–H and O–H groups in total. The van der Waals surface area contributed by atoms with Gasteiger partial charge < -0.3 is 14.8 Å². The zero-order valence-corrected chi connectivity index (χ0v) is 16.1. The SMILES string of the molecule is COC(=O)c1c(F)cccc1-c1ccc([C@@H](C)NC(=O)OC(C)(C)C)cc1. The van der Waals surface area contributed by atoms with E-state index in [1.54, 1.807) is 39.0 Å². The van der Waals surface area contributed by atoms with Gasteiger partial charge in [0, 0.05) is 0 Å². The molecule has 2 aromatic rings. The van der Waals surface area contributed by atoms with Crippen molar-refractivity contribution in [3.05, 3.63) is 59.4 Å². The van der Waals surface area contributed by atoms with E-state index in [1.807, 2.05) is 19.1 Å². The molecule has 6 heteroatoms. The summed E-state index contributed by atoms with van der Waals surface area (Å²) in [5.74, 6) is -1.37. The van der Waals surface area contributed by atoms with Crippen molar-refractivity contribution in [1.29, 1.82) is 0 Å². The number of benzene rings is 2. The van der Waals surface area contributed by atoms with E-state index in [1.165, 1.54) is 19.2 Å². The Bertz CT molecular complexity index is 825. The van der Waals surface area contributed by atoms with Crippen molar-refractivity contribution in [3.8, 4) is 11.1 Å². The van der Waals surface area contributed by atoms with Crippen molar-refractivity contribution in [1.82, 2.24) is 5.32 Å². The normalized spacial score (nSPS) is 12.2. The second-order valence-electron chi connectivity index (χ2n) is 7.14. The zero-order valence-electron chi connectivity index (χ0n) is 16.1. The Morgan fingerprint density at radius 3 is 2.26 bits per heavy atom. The van der Waals surface area contributed by atoms with Crippen LogP contribution in [-0.2, 0) is 9.47 Å². The van der Waals surface area contributed by atoms with Crippen LogP contribution in [0.15, 0.2) is 42.5 Å². The van der Waals surface area contributed by atoms with E-state index in [9.17, 15) is 14.0 Å². The predicted octanol–water partition coefficient (Wildman–Crippen LogP) is 4.87. The first-order valence-electron chi connectivity index (χ1n) is 8.59. The molecule has 0 aliphatic rings. The van der Waals surface area contributed by atoms with Gasteiger partial charge in [0.25, 0.3) is 0 Å². The Kier molecular flexibility index (Phi) is 6.20. The fraction of sp³-hybridized carbons (Fsp3) is 0.333. The number of methoxy groups -OCH3 is 1. The molecule has 0 saturated heterocycles. The molecule has 0 aromatic heterocycles. The smallest absolute Gasteiger partial charge is 0.408 e. The molecule has 1 amide bonds. The van der Waals surface area contributed by atoms with Crippen LogP contribution in [0.1, 0.15) is 49.7 Å². The molecule has 0 saturated carbocycles. The molecule has 0 bridgehead atoms. The van der Waals surface area contributed by atoms with Crippen molar-refractivity contribution in [2.45, 2.75) is 39.3 Å². The summed E-state index contributed by atoms with van der Waals surface area (Å²) in [6.45, 7) is 7.22. The summed E-state index contributed by atoms with van der Waals surface area (Å²) in [5, 5.41) is 2.76. The number of rotatable bonds is 4. The van der Waals surface area contributed by atoms with Crippen LogP contribution in [0.25, 0.3) is 11.1 Å². The summed E-state index contributed by atoms with van der Waals surface area (Å²) in [4.78, 5) is 23.8. The molecule has 0 aliphatic heterocycles. The van der Waals surface area contributed by atoms with Crippen LogP contribution in [0.5, 0.6) is 0 Å². The molecule has 2 rings (SSSR count). The molecular weight excluding hydrogens is 349 g/mol. The van der Waals surface area contributed by atoms with E-state index in [-0.39, 0.29) is 11.6 Å². The Morgan fingerprint density at radius 2 is 1.70 bits per heavy atom. The standard InChI is InChI=1S/C21H24FNO4/c1-13(23-20(25)27-21(2,3)4)14-9-11-15(12-10-14)16-7-6-8-17(22)18(16)19(24)26-5/h6-13H,1-5H3,(H,23,25)/t13-/m1/s1. The van der Waals surface area contributed by atoms with E-state index < -0.39 is 23.5 Å². The van der Waals surface area contributed by atoms with E-state index in [4.69, 9.17) is 4.74 Å². The predicted molar refractivity (Wildman–Crippen MR) is 101 cm³/mol. The Labute approximate surface area is 158 Å². The van der Waals surface area contributed by atoms with Crippen molar-refractivity contribution in [3.63, 3.8) is 0 Å². The van der Waals surface area contributed by atoms with Crippen LogP contribution in [-0.4, -0.2) is 24.8 Å². The molecule has 0 radical (unpaired) electrons. The van der Waals surface area contributed by atoms with E-state index >= 15 is 0 Å². The maximum absolute atomic E-state index is 14.1. The van der Waals surface area contributed by atoms with Gasteiger partial charge in [0.1, 0.15) is 17.0 Å². The lowest BCUT2D eigenvalue weighted by Gasteiger charge is -2.22. The van der Waals surface area contributed by atoms with Gasteiger partial charge in [-0.1, -0.05) is 36.4 Å². The third-order valence-corrected chi connectivity index (χ3v) is 3.86. The molecule has 0 heterocycles. The number of alkyl carbamates (subject to hydrolysis) is 1. The Morgan fingerprint density at radius 1 is 1.07 bits per heavy atom. The maximum Gasteiger partial charge on any atom is 0.408 e. The van der Waals surface area contributed by atoms with E-state index in [0.29, 0.717) is 11.1 Å². The van der Waals surface area contributed by atoms with Gasteiger partial charge in [-0.25, -0.2) is 14.0 Å². The average molecular weight is 373 g/mol. The quantitative estimate of drug-likeness (QED) is 0.777. The second kappa shape index (κ2) is 8.20. The molecule has 0 unspecified atom stereocenters. The summed E-state index contributed by atoms with van der Waals surface area (Å²) < 4.78 is 24.0. The first kappa shape index (κ1) is 20.4. The van der Waals surface area contributed by atoms with Gasteiger partial charge in [0.05, 0.1) is 13.2 Å². The first-order chi connectivity index (χ1) is 12.6. The number of hydrogen-bond acceptors (Lipinski definition) is 4. The third-order valence-electron chi connectivity index (χ3n) is 3.86. The fourth-order valence-electron chi connectivity index (χ4n) is 2.59. The number of hydrogen-bond donors (Lipinski definition) is 1. The number of esters is 1. The van der Waals surface area contributed by atoms with Gasteiger partial charge >= 0.3 is 12.1 Å². The van der Waals surface area contributed by atoms with Crippen LogP contribution in [0, 0.1) is 5.82 Å². The third kappa shape index (κ3) is 5.29. The number of halogens is 1. The fourth-order valence-corrected chi connectivity index (χ4v) is 2.59. The first-order valence-corrected chi connectivity index (χ1v) is 8.59. The van der Waals surface area contributed by atoms with Crippen molar-refractivity contribution in [2.75, 3.05) is 7.11 Å². The number of carbonyl (C=O) groups excluding carboxylic acids is 2. The van der Waals surface area contributed by atoms with Crippen LogP contribution >= 0.6 is 0 Å². The molecule has 5 nitrogen and oxygen atoms in total. The Hall–Kier alpha value is -2.89. The van der Waals surface area contributed by atoms with Gasteiger partial charge in [-0.05, 0) is 50.5 Å². The van der Waals surface area contributed by atoms with Gasteiger partial charge in [-0.15, -0.1) is 0 Å². The summed E-state index contributed by atoms with van der Waals surface area (Å²) in [6, 6.07) is 11.3. The summed E-state index contributed by atoms with van der Waals surface area (Å²) in [7, 11) is 1.21.